The average Bonchev–Trinajstić information content (AvgIpc) is 2.44. The first-order valence-corrected chi connectivity index (χ1v) is 6.60. The fraction of sp³-hybridized carbons (Fsp3) is 0.500. The molecule has 0 spiro atoms. The number of hydrogen-bond donors (Lipinski definition) is 2. The van der Waals surface area contributed by atoms with Gasteiger partial charge in [0.1, 0.15) is 11.6 Å². The Balaban J connectivity index is 1.66. The molecule has 4 nitrogen and oxygen atoms in total. The summed E-state index contributed by atoms with van der Waals surface area (Å²) in [5, 5.41) is 6.14. The first-order valence-electron chi connectivity index (χ1n) is 6.60. The zero-order valence-corrected chi connectivity index (χ0v) is 10.8. The second-order valence-electron chi connectivity index (χ2n) is 4.76. The molecule has 2 N–H and O–H groups in total. The predicted octanol–water partition coefficient (Wildman–Crippen LogP) is 1.32. The van der Waals surface area contributed by atoms with Gasteiger partial charge in [0, 0.05) is 12.6 Å². The average molecular weight is 266 g/mol. The second-order valence-corrected chi connectivity index (χ2v) is 4.76. The topological polar surface area (TPSA) is 50.4 Å². The monoisotopic (exact) mass is 266 g/mol. The molecular weight excluding hydrogens is 247 g/mol. The molecule has 1 saturated heterocycles. The van der Waals surface area contributed by atoms with Crippen LogP contribution in [-0.4, -0.2) is 32.1 Å². The molecule has 1 heterocycles. The van der Waals surface area contributed by atoms with Crippen molar-refractivity contribution >= 4 is 5.91 Å². The Bertz CT molecular complexity index is 420. The van der Waals surface area contributed by atoms with Crippen molar-refractivity contribution in [2.45, 2.75) is 12.8 Å². The highest BCUT2D eigenvalue weighted by Gasteiger charge is 2.13. The Morgan fingerprint density at radius 2 is 2.42 bits per heavy atom. The molecule has 1 aliphatic rings. The lowest BCUT2D eigenvalue weighted by Crippen LogP contribution is -2.39. The van der Waals surface area contributed by atoms with Crippen LogP contribution in [0.4, 0.5) is 4.39 Å². The SMILES string of the molecule is O=C(COc1cccc(F)c1)NCC1CCCNC1. The molecule has 1 amide bonds. The van der Waals surface area contributed by atoms with E-state index in [0.29, 0.717) is 18.2 Å². The van der Waals surface area contributed by atoms with Gasteiger partial charge < -0.3 is 15.4 Å². The molecule has 19 heavy (non-hydrogen) atoms. The summed E-state index contributed by atoms with van der Waals surface area (Å²) in [5.74, 6) is 0.322. The third-order valence-electron chi connectivity index (χ3n) is 3.15. The van der Waals surface area contributed by atoms with Crippen LogP contribution < -0.4 is 15.4 Å². The van der Waals surface area contributed by atoms with E-state index in [2.05, 4.69) is 10.6 Å². The van der Waals surface area contributed by atoms with Crippen molar-refractivity contribution in [3.8, 4) is 5.75 Å². The van der Waals surface area contributed by atoms with Gasteiger partial charge in [-0.2, -0.15) is 0 Å². The molecule has 1 aromatic rings. The number of nitrogens with one attached hydrogen (secondary N) is 2. The zero-order chi connectivity index (χ0) is 13.5. The van der Waals surface area contributed by atoms with E-state index in [9.17, 15) is 9.18 Å². The van der Waals surface area contributed by atoms with Crippen LogP contribution >= 0.6 is 0 Å². The molecule has 1 atom stereocenters. The van der Waals surface area contributed by atoms with Crippen LogP contribution in [0.25, 0.3) is 0 Å². The van der Waals surface area contributed by atoms with Crippen molar-refractivity contribution in [2.24, 2.45) is 5.92 Å². The predicted molar refractivity (Wildman–Crippen MR) is 70.5 cm³/mol. The minimum absolute atomic E-state index is 0.0798. The Hall–Kier alpha value is -1.62. The van der Waals surface area contributed by atoms with Gasteiger partial charge in [-0.15, -0.1) is 0 Å². The number of carbonyl (C=O) groups excluding carboxylic acids is 1. The molecule has 0 radical (unpaired) electrons. The smallest absolute Gasteiger partial charge is 0.257 e. The Kier molecular flexibility index (Phi) is 5.15. The van der Waals surface area contributed by atoms with Crippen molar-refractivity contribution in [3.05, 3.63) is 30.1 Å². The third-order valence-corrected chi connectivity index (χ3v) is 3.15. The van der Waals surface area contributed by atoms with E-state index in [4.69, 9.17) is 4.74 Å². The molecule has 1 aromatic carbocycles. The van der Waals surface area contributed by atoms with Crippen molar-refractivity contribution in [1.82, 2.24) is 10.6 Å². The molecule has 0 saturated carbocycles. The number of halogens is 1. The molecule has 0 aliphatic carbocycles. The Labute approximate surface area is 112 Å². The van der Waals surface area contributed by atoms with E-state index >= 15 is 0 Å². The maximum absolute atomic E-state index is 12.9. The largest absolute Gasteiger partial charge is 0.484 e. The van der Waals surface area contributed by atoms with E-state index < -0.39 is 0 Å². The summed E-state index contributed by atoms with van der Waals surface area (Å²) in [6, 6.07) is 5.78. The van der Waals surface area contributed by atoms with Crippen LogP contribution in [0.3, 0.4) is 0 Å². The number of benzene rings is 1. The minimum Gasteiger partial charge on any atom is -0.484 e. The highest BCUT2D eigenvalue weighted by Crippen LogP contribution is 2.11. The number of amides is 1. The second kappa shape index (κ2) is 7.09. The van der Waals surface area contributed by atoms with Crippen LogP contribution in [0, 0.1) is 11.7 Å². The lowest BCUT2D eigenvalue weighted by Gasteiger charge is -2.22. The van der Waals surface area contributed by atoms with E-state index in [1.54, 1.807) is 12.1 Å². The quantitative estimate of drug-likeness (QED) is 0.845. The van der Waals surface area contributed by atoms with E-state index in [1.165, 1.54) is 12.1 Å². The Morgan fingerprint density at radius 1 is 1.53 bits per heavy atom. The third kappa shape index (κ3) is 4.87. The van der Waals surface area contributed by atoms with Crippen LogP contribution in [-0.2, 0) is 4.79 Å². The number of ether oxygens (including phenoxy) is 1. The van der Waals surface area contributed by atoms with Gasteiger partial charge in [0.15, 0.2) is 6.61 Å². The summed E-state index contributed by atoms with van der Waals surface area (Å²) < 4.78 is 18.1. The van der Waals surface area contributed by atoms with Crippen molar-refractivity contribution in [2.75, 3.05) is 26.2 Å². The number of hydrogen-bond acceptors (Lipinski definition) is 3. The zero-order valence-electron chi connectivity index (χ0n) is 10.8. The molecule has 1 unspecified atom stereocenters. The Morgan fingerprint density at radius 3 is 3.16 bits per heavy atom. The van der Waals surface area contributed by atoms with Gasteiger partial charge in [-0.1, -0.05) is 6.07 Å². The highest BCUT2D eigenvalue weighted by molar-refractivity contribution is 5.77. The van der Waals surface area contributed by atoms with Gasteiger partial charge in [-0.3, -0.25) is 4.79 Å². The molecule has 2 rings (SSSR count). The number of carbonyl (C=O) groups is 1. The van der Waals surface area contributed by atoms with Gasteiger partial charge >= 0.3 is 0 Å². The normalized spacial score (nSPS) is 18.9. The standard InChI is InChI=1S/C14H19FN2O2/c15-12-4-1-5-13(7-12)19-10-14(18)17-9-11-3-2-6-16-8-11/h1,4-5,7,11,16H,2-3,6,8-10H2,(H,17,18). The van der Waals surface area contributed by atoms with Gasteiger partial charge in [0.2, 0.25) is 0 Å². The number of piperidine rings is 1. The van der Waals surface area contributed by atoms with E-state index in [1.807, 2.05) is 0 Å². The lowest BCUT2D eigenvalue weighted by molar-refractivity contribution is -0.123. The summed E-state index contributed by atoms with van der Waals surface area (Å²) >= 11 is 0. The summed E-state index contributed by atoms with van der Waals surface area (Å²) in [7, 11) is 0. The first-order chi connectivity index (χ1) is 9.24. The van der Waals surface area contributed by atoms with E-state index in [-0.39, 0.29) is 18.3 Å². The van der Waals surface area contributed by atoms with Gasteiger partial charge in [-0.25, -0.2) is 4.39 Å². The molecule has 104 valence electrons. The summed E-state index contributed by atoms with van der Waals surface area (Å²) in [6.07, 6.45) is 2.29. The van der Waals surface area contributed by atoms with Gasteiger partial charge in [0.05, 0.1) is 0 Å². The fourth-order valence-corrected chi connectivity index (χ4v) is 2.11. The minimum atomic E-state index is -0.369. The summed E-state index contributed by atoms with van der Waals surface area (Å²) in [6.45, 7) is 2.60. The fourth-order valence-electron chi connectivity index (χ4n) is 2.11. The first kappa shape index (κ1) is 13.8. The lowest BCUT2D eigenvalue weighted by atomic mass is 10.00. The molecule has 1 fully saturated rings. The van der Waals surface area contributed by atoms with Crippen molar-refractivity contribution in [3.63, 3.8) is 0 Å². The maximum Gasteiger partial charge on any atom is 0.257 e. The van der Waals surface area contributed by atoms with Crippen molar-refractivity contribution < 1.29 is 13.9 Å². The summed E-state index contributed by atoms with van der Waals surface area (Å²) in [4.78, 5) is 11.6. The van der Waals surface area contributed by atoms with Crippen LogP contribution in [0.2, 0.25) is 0 Å². The summed E-state index contributed by atoms with van der Waals surface area (Å²) in [5.41, 5.74) is 0. The van der Waals surface area contributed by atoms with Gasteiger partial charge in [-0.05, 0) is 44.0 Å². The maximum atomic E-state index is 12.9. The molecule has 0 bridgehead atoms. The van der Waals surface area contributed by atoms with Crippen molar-refractivity contribution in [1.29, 1.82) is 0 Å². The molecule has 0 aromatic heterocycles. The van der Waals surface area contributed by atoms with E-state index in [0.717, 1.165) is 25.9 Å². The number of rotatable bonds is 5. The molecule has 1 aliphatic heterocycles. The molecular formula is C14H19FN2O2. The van der Waals surface area contributed by atoms with Crippen LogP contribution in [0.5, 0.6) is 5.75 Å². The van der Waals surface area contributed by atoms with Crippen LogP contribution in [0.1, 0.15) is 12.8 Å². The highest BCUT2D eigenvalue weighted by atomic mass is 19.1. The van der Waals surface area contributed by atoms with Crippen LogP contribution in [0.15, 0.2) is 24.3 Å². The molecule has 5 heteroatoms. The van der Waals surface area contributed by atoms with Gasteiger partial charge in [0.25, 0.3) is 5.91 Å².